The van der Waals surface area contributed by atoms with Gasteiger partial charge in [-0.3, -0.25) is 25.1 Å². The molecule has 3 aromatic rings. The van der Waals surface area contributed by atoms with Crippen molar-refractivity contribution in [1.29, 1.82) is 0 Å². The van der Waals surface area contributed by atoms with Gasteiger partial charge in [-0.1, -0.05) is 59.1 Å². The van der Waals surface area contributed by atoms with E-state index in [0.717, 1.165) is 11.1 Å². The van der Waals surface area contributed by atoms with Crippen molar-refractivity contribution in [3.63, 3.8) is 0 Å². The Morgan fingerprint density at radius 3 is 1.87 bits per heavy atom. The summed E-state index contributed by atoms with van der Waals surface area (Å²) in [6.07, 6.45) is 0. The number of hydrogen-bond donors (Lipinski definition) is 4. The monoisotopic (exact) mass is 694 g/mol. The van der Waals surface area contributed by atoms with Crippen molar-refractivity contribution in [2.75, 3.05) is 39.3 Å². The molecule has 0 saturated carbocycles. The molecule has 0 spiro atoms. The molecule has 2 saturated heterocycles. The molecule has 2 aliphatic rings. The summed E-state index contributed by atoms with van der Waals surface area (Å²) in [6.45, 7) is 3.43. The molecule has 2 heterocycles. The molecule has 2 fully saturated rings. The third kappa shape index (κ3) is 7.08. The first-order valence-electron chi connectivity index (χ1n) is 14.2. The second-order valence-electron chi connectivity index (χ2n) is 10.9. The van der Waals surface area contributed by atoms with Crippen LogP contribution in [0.15, 0.2) is 65.6 Å². The lowest BCUT2D eigenvalue weighted by Crippen LogP contribution is -2.62. The van der Waals surface area contributed by atoms with Crippen molar-refractivity contribution < 1.29 is 22.7 Å². The van der Waals surface area contributed by atoms with Crippen molar-refractivity contribution in [3.05, 3.63) is 92.4 Å². The summed E-state index contributed by atoms with van der Waals surface area (Å²) < 4.78 is 31.3. The number of rotatable bonds is 9. The zero-order chi connectivity index (χ0) is 32.5. The molecule has 1 unspecified atom stereocenters. The number of nitrogens with one attached hydrogen (secondary N) is 2. The molecule has 3 atom stereocenters. The number of piperazine rings is 1. The van der Waals surface area contributed by atoms with Crippen LogP contribution >= 0.6 is 34.8 Å². The van der Waals surface area contributed by atoms with Gasteiger partial charge in [-0.25, -0.2) is 13.6 Å². The lowest BCUT2D eigenvalue weighted by Gasteiger charge is -2.40. The molecule has 0 aromatic heterocycles. The predicted octanol–water partition coefficient (Wildman–Crippen LogP) is 3.15. The Balaban J connectivity index is 1.70. The van der Waals surface area contributed by atoms with Gasteiger partial charge >= 0.3 is 0 Å². The Kier molecular flexibility index (Phi) is 9.97. The number of hydrogen-bond acceptors (Lipinski definition) is 8. The van der Waals surface area contributed by atoms with E-state index < -0.39 is 33.7 Å². The lowest BCUT2D eigenvalue weighted by atomic mass is 9.95. The summed E-state index contributed by atoms with van der Waals surface area (Å²) in [5.74, 6) is -0.650. The Morgan fingerprint density at radius 1 is 0.911 bits per heavy atom. The van der Waals surface area contributed by atoms with Crippen LogP contribution in [0.1, 0.15) is 35.7 Å². The van der Waals surface area contributed by atoms with Gasteiger partial charge in [-0.05, 0) is 48.4 Å². The molecule has 5 rings (SSSR count). The summed E-state index contributed by atoms with van der Waals surface area (Å²) in [4.78, 5) is 29.6. The van der Waals surface area contributed by atoms with Gasteiger partial charge in [0.25, 0.3) is 5.91 Å². The van der Waals surface area contributed by atoms with Gasteiger partial charge in [-0.2, -0.15) is 0 Å². The highest BCUT2D eigenvalue weighted by molar-refractivity contribution is 7.89. The van der Waals surface area contributed by atoms with E-state index in [4.69, 9.17) is 50.4 Å². The molecule has 0 radical (unpaired) electrons. The topological polar surface area (TPSA) is 160 Å². The predicted molar refractivity (Wildman–Crippen MR) is 173 cm³/mol. The number of primary sulfonamides is 1. The molecule has 240 valence electrons. The third-order valence-electron chi connectivity index (χ3n) is 7.94. The summed E-state index contributed by atoms with van der Waals surface area (Å²) in [7, 11) is -4.30. The zero-order valence-electron chi connectivity index (χ0n) is 24.3. The summed E-state index contributed by atoms with van der Waals surface area (Å²) >= 11 is 18.8. The fourth-order valence-corrected chi connectivity index (χ4v) is 7.19. The molecular weight excluding hydrogens is 663 g/mol. The minimum Gasteiger partial charge on any atom is -0.493 e. The molecule has 11 nitrogen and oxygen atoms in total. The number of amides is 2. The van der Waals surface area contributed by atoms with E-state index in [-0.39, 0.29) is 53.4 Å². The van der Waals surface area contributed by atoms with Crippen molar-refractivity contribution >= 4 is 56.6 Å². The maximum Gasteiger partial charge on any atom is 0.262 e. The lowest BCUT2D eigenvalue weighted by molar-refractivity contribution is -0.141. The number of carbonyl (C=O) groups excluding carboxylic acids is 2. The number of halogens is 3. The van der Waals surface area contributed by atoms with Crippen LogP contribution in [0.4, 0.5) is 0 Å². The van der Waals surface area contributed by atoms with Crippen molar-refractivity contribution in [2.45, 2.75) is 29.6 Å². The molecule has 0 bridgehead atoms. The standard InChI is InChI=1S/C30H33Cl3N6O5S/c1-2-44-24-16-23(33)25(45(35,42)43)15-22(24)30(29(41)39-13-11-38(12-14-39)17-26(34)40)36-27(18-3-7-20(31)8-4-18)28(37-30)19-5-9-21(32)10-6-19/h3-10,15-16,27-28,36-37H,2,11-14,17H2,1H3,(H2,34,40)(H2,35,42,43)/t27-,28+,30?. The first-order valence-corrected chi connectivity index (χ1v) is 16.9. The normalized spacial score (nSPS) is 22.4. The maximum absolute atomic E-state index is 14.9. The van der Waals surface area contributed by atoms with Crippen LogP contribution in [0.5, 0.6) is 5.75 Å². The van der Waals surface area contributed by atoms with Gasteiger partial charge in [0.1, 0.15) is 10.6 Å². The number of sulfonamides is 1. The Hall–Kier alpha value is -2.94. The van der Waals surface area contributed by atoms with Crippen molar-refractivity contribution in [1.82, 2.24) is 20.4 Å². The zero-order valence-corrected chi connectivity index (χ0v) is 27.4. The molecule has 15 heteroatoms. The number of nitrogens with zero attached hydrogens (tertiary/aromatic N) is 2. The quantitative estimate of drug-likeness (QED) is 0.266. The highest BCUT2D eigenvalue weighted by Gasteiger charge is 2.55. The van der Waals surface area contributed by atoms with Gasteiger partial charge in [0.15, 0.2) is 5.66 Å². The van der Waals surface area contributed by atoms with Gasteiger partial charge in [-0.15, -0.1) is 0 Å². The first kappa shape index (κ1) is 33.4. The highest BCUT2D eigenvalue weighted by Crippen LogP contribution is 2.46. The number of ether oxygens (including phenoxy) is 1. The number of nitrogens with two attached hydrogens (primary N) is 2. The van der Waals surface area contributed by atoms with Crippen LogP contribution in [0.3, 0.4) is 0 Å². The van der Waals surface area contributed by atoms with Gasteiger partial charge in [0.05, 0.1) is 30.3 Å². The van der Waals surface area contributed by atoms with Crippen molar-refractivity contribution in [3.8, 4) is 5.75 Å². The average molecular weight is 696 g/mol. The van der Waals surface area contributed by atoms with Crippen LogP contribution in [-0.2, 0) is 25.3 Å². The maximum atomic E-state index is 14.9. The van der Waals surface area contributed by atoms with E-state index in [2.05, 4.69) is 10.6 Å². The number of carbonyl (C=O) groups is 2. The van der Waals surface area contributed by atoms with Crippen LogP contribution in [0.25, 0.3) is 0 Å². The highest BCUT2D eigenvalue weighted by atomic mass is 35.5. The summed E-state index contributed by atoms with van der Waals surface area (Å²) in [5, 5.41) is 13.6. The Labute approximate surface area is 276 Å². The number of primary amides is 1. The fourth-order valence-electron chi connectivity index (χ4n) is 5.85. The third-order valence-corrected chi connectivity index (χ3v) is 9.82. The molecule has 3 aromatic carbocycles. The second-order valence-corrected chi connectivity index (χ2v) is 13.7. The fraction of sp³-hybridized carbons (Fsp3) is 0.333. The molecular formula is C30H33Cl3N6O5S. The molecule has 6 N–H and O–H groups in total. The second kappa shape index (κ2) is 13.4. The molecule has 2 aliphatic heterocycles. The van der Waals surface area contributed by atoms with E-state index >= 15 is 0 Å². The van der Waals surface area contributed by atoms with Crippen molar-refractivity contribution in [2.24, 2.45) is 10.9 Å². The molecule has 0 aliphatic carbocycles. The molecule has 45 heavy (non-hydrogen) atoms. The van der Waals surface area contributed by atoms with E-state index in [1.165, 1.54) is 12.1 Å². The van der Waals surface area contributed by atoms with E-state index in [1.807, 2.05) is 29.2 Å². The van der Waals surface area contributed by atoms with Gasteiger partial charge in [0, 0.05) is 47.9 Å². The number of benzene rings is 3. The minimum atomic E-state index is -4.30. The van der Waals surface area contributed by atoms with Crippen LogP contribution in [-0.4, -0.2) is 69.4 Å². The summed E-state index contributed by atoms with van der Waals surface area (Å²) in [5.41, 5.74) is 5.49. The first-order chi connectivity index (χ1) is 21.3. The average Bonchev–Trinajstić information content (AvgIpc) is 3.39. The SMILES string of the molecule is CCOc1cc(Cl)c(S(N)(=O)=O)cc1C1(C(=O)N2CCN(CC(N)=O)CC2)N[C@H](c2ccc(Cl)cc2)[C@H](c2ccc(Cl)cc2)N1. The Morgan fingerprint density at radius 2 is 1.42 bits per heavy atom. The van der Waals surface area contributed by atoms with Crippen LogP contribution in [0, 0.1) is 0 Å². The van der Waals surface area contributed by atoms with E-state index in [1.54, 1.807) is 36.1 Å². The van der Waals surface area contributed by atoms with Crippen LogP contribution < -0.4 is 26.2 Å². The van der Waals surface area contributed by atoms with Gasteiger partial charge in [0.2, 0.25) is 15.9 Å². The molecule has 2 amide bonds. The van der Waals surface area contributed by atoms with Gasteiger partial charge < -0.3 is 15.4 Å². The summed E-state index contributed by atoms with van der Waals surface area (Å²) in [6, 6.07) is 16.0. The largest absolute Gasteiger partial charge is 0.493 e. The minimum absolute atomic E-state index is 0.0738. The van der Waals surface area contributed by atoms with E-state index in [9.17, 15) is 18.0 Å². The Bertz CT molecular complexity index is 1630. The van der Waals surface area contributed by atoms with E-state index in [0.29, 0.717) is 23.1 Å². The smallest absolute Gasteiger partial charge is 0.262 e. The van der Waals surface area contributed by atoms with Crippen LogP contribution in [0.2, 0.25) is 15.1 Å².